The zero-order valence-electron chi connectivity index (χ0n) is 21.2. The summed E-state index contributed by atoms with van der Waals surface area (Å²) in [6.45, 7) is 29.3. The van der Waals surface area contributed by atoms with E-state index in [1.165, 1.54) is 12.8 Å². The van der Waals surface area contributed by atoms with E-state index < -0.39 is 0 Å². The maximum Gasteiger partial charge on any atom is 0.0594 e. The molecule has 0 spiro atoms. The van der Waals surface area contributed by atoms with Crippen molar-refractivity contribution in [3.05, 3.63) is 73.9 Å². The average Bonchev–Trinajstić information content (AvgIpc) is 2.79. The Morgan fingerprint density at radius 2 is 1.53 bits per heavy atom. The van der Waals surface area contributed by atoms with Crippen molar-refractivity contribution in [3.8, 4) is 0 Å². The molecule has 0 saturated carbocycles. The maximum atomic E-state index is 5.45. The number of rotatable bonds is 10. The number of morpholine rings is 1. The SMILES string of the molecule is C=C/C=C(/C)C=C.C=C/C=C\C=C/CCC(CC(C)C)N1CCOCC1.CC.CC. The van der Waals surface area contributed by atoms with Gasteiger partial charge in [-0.2, -0.15) is 0 Å². The molecule has 0 aromatic rings. The third-order valence-electron chi connectivity index (χ3n) is 4.17. The van der Waals surface area contributed by atoms with Crippen LogP contribution in [0.4, 0.5) is 0 Å². The second-order valence-corrected chi connectivity index (χ2v) is 6.91. The fourth-order valence-electron chi connectivity index (χ4n) is 2.80. The van der Waals surface area contributed by atoms with Gasteiger partial charge < -0.3 is 4.74 Å². The van der Waals surface area contributed by atoms with Crippen molar-refractivity contribution >= 4 is 0 Å². The minimum atomic E-state index is 0.705. The van der Waals surface area contributed by atoms with Gasteiger partial charge in [0.15, 0.2) is 0 Å². The van der Waals surface area contributed by atoms with Crippen LogP contribution in [0.15, 0.2) is 73.9 Å². The van der Waals surface area contributed by atoms with Crippen molar-refractivity contribution in [2.45, 2.75) is 73.8 Å². The van der Waals surface area contributed by atoms with E-state index in [4.69, 9.17) is 4.74 Å². The predicted octanol–water partition coefficient (Wildman–Crippen LogP) is 8.17. The molecule has 174 valence electrons. The highest BCUT2D eigenvalue weighted by molar-refractivity contribution is 5.17. The number of nitrogens with zero attached hydrogens (tertiary/aromatic N) is 1. The number of hydrogen-bond acceptors (Lipinski definition) is 2. The summed E-state index contributed by atoms with van der Waals surface area (Å²) < 4.78 is 5.45. The molecule has 1 unspecified atom stereocenters. The zero-order chi connectivity index (χ0) is 23.6. The summed E-state index contributed by atoms with van der Waals surface area (Å²) in [4.78, 5) is 2.61. The first kappa shape index (κ1) is 33.0. The summed E-state index contributed by atoms with van der Waals surface area (Å²) >= 11 is 0. The van der Waals surface area contributed by atoms with Crippen LogP contribution in [-0.2, 0) is 4.74 Å². The summed E-state index contributed by atoms with van der Waals surface area (Å²) in [5.41, 5.74) is 1.15. The fourth-order valence-corrected chi connectivity index (χ4v) is 2.80. The highest BCUT2D eigenvalue weighted by atomic mass is 16.5. The molecule has 1 fully saturated rings. The van der Waals surface area contributed by atoms with Crippen LogP contribution >= 0.6 is 0 Å². The topological polar surface area (TPSA) is 12.5 Å². The summed E-state index contributed by atoms with van der Waals surface area (Å²) in [6, 6.07) is 0.705. The van der Waals surface area contributed by atoms with Gasteiger partial charge in [0.2, 0.25) is 0 Å². The highest BCUT2D eigenvalue weighted by Gasteiger charge is 2.20. The van der Waals surface area contributed by atoms with Crippen LogP contribution in [-0.4, -0.2) is 37.2 Å². The van der Waals surface area contributed by atoms with Gasteiger partial charge in [0, 0.05) is 19.1 Å². The predicted molar refractivity (Wildman–Crippen MR) is 140 cm³/mol. The van der Waals surface area contributed by atoms with Gasteiger partial charge in [0.1, 0.15) is 0 Å². The van der Waals surface area contributed by atoms with Crippen molar-refractivity contribution in [2.24, 2.45) is 5.92 Å². The lowest BCUT2D eigenvalue weighted by atomic mass is 9.97. The van der Waals surface area contributed by atoms with Crippen LogP contribution in [0, 0.1) is 5.92 Å². The lowest BCUT2D eigenvalue weighted by Gasteiger charge is -2.35. The summed E-state index contributed by atoms with van der Waals surface area (Å²) in [5.74, 6) is 0.762. The molecule has 0 bridgehead atoms. The highest BCUT2D eigenvalue weighted by Crippen LogP contribution is 2.18. The Balaban J connectivity index is -0.000000556. The Labute approximate surface area is 189 Å². The molecule has 0 amide bonds. The van der Waals surface area contributed by atoms with E-state index in [0.29, 0.717) is 6.04 Å². The van der Waals surface area contributed by atoms with Crippen LogP contribution in [0.5, 0.6) is 0 Å². The Morgan fingerprint density at radius 1 is 0.933 bits per heavy atom. The van der Waals surface area contributed by atoms with E-state index in [-0.39, 0.29) is 0 Å². The van der Waals surface area contributed by atoms with E-state index >= 15 is 0 Å². The molecule has 2 nitrogen and oxygen atoms in total. The molecule has 1 aliphatic rings. The molecule has 1 heterocycles. The maximum absolute atomic E-state index is 5.45. The molecule has 0 N–H and O–H groups in total. The Morgan fingerprint density at radius 3 is 1.97 bits per heavy atom. The number of ether oxygens (including phenoxy) is 1. The second kappa shape index (κ2) is 27.4. The quantitative estimate of drug-likeness (QED) is 0.332. The van der Waals surface area contributed by atoms with E-state index in [1.807, 2.05) is 52.8 Å². The zero-order valence-corrected chi connectivity index (χ0v) is 21.2. The van der Waals surface area contributed by atoms with Gasteiger partial charge in [-0.3, -0.25) is 4.90 Å². The van der Waals surface area contributed by atoms with Gasteiger partial charge in [-0.1, -0.05) is 115 Å². The molecule has 0 aromatic carbocycles. The van der Waals surface area contributed by atoms with E-state index in [2.05, 4.69) is 50.6 Å². The molecule has 1 saturated heterocycles. The minimum absolute atomic E-state index is 0.705. The van der Waals surface area contributed by atoms with E-state index in [0.717, 1.165) is 44.2 Å². The lowest BCUT2D eigenvalue weighted by molar-refractivity contribution is 0.0105. The summed E-state index contributed by atoms with van der Waals surface area (Å²) in [6.07, 6.45) is 19.3. The normalized spacial score (nSPS) is 15.3. The number of hydrogen-bond donors (Lipinski definition) is 0. The number of allylic oxidation sites excluding steroid dienone is 9. The van der Waals surface area contributed by atoms with Crippen molar-refractivity contribution in [1.82, 2.24) is 4.90 Å². The summed E-state index contributed by atoms with van der Waals surface area (Å²) in [5, 5.41) is 0. The van der Waals surface area contributed by atoms with Gasteiger partial charge >= 0.3 is 0 Å². The Bertz CT molecular complexity index is 465. The Hall–Kier alpha value is -1.64. The minimum Gasteiger partial charge on any atom is -0.379 e. The molecular weight excluding hydrogens is 366 g/mol. The average molecular weight is 418 g/mol. The molecule has 0 aromatic heterocycles. The molecule has 0 aliphatic carbocycles. The van der Waals surface area contributed by atoms with Gasteiger partial charge in [0.25, 0.3) is 0 Å². The molecule has 1 rings (SSSR count). The molecule has 0 radical (unpaired) electrons. The largest absolute Gasteiger partial charge is 0.379 e. The monoisotopic (exact) mass is 417 g/mol. The van der Waals surface area contributed by atoms with Crippen molar-refractivity contribution < 1.29 is 4.74 Å². The van der Waals surface area contributed by atoms with Crippen LogP contribution < -0.4 is 0 Å². The van der Waals surface area contributed by atoms with Crippen LogP contribution in [0.1, 0.15) is 67.7 Å². The van der Waals surface area contributed by atoms with Crippen molar-refractivity contribution in [1.29, 1.82) is 0 Å². The molecule has 1 atom stereocenters. The van der Waals surface area contributed by atoms with Crippen LogP contribution in [0.3, 0.4) is 0 Å². The van der Waals surface area contributed by atoms with Crippen molar-refractivity contribution in [3.63, 3.8) is 0 Å². The molecule has 30 heavy (non-hydrogen) atoms. The summed E-state index contributed by atoms with van der Waals surface area (Å²) in [7, 11) is 0. The van der Waals surface area contributed by atoms with E-state index in [9.17, 15) is 0 Å². The van der Waals surface area contributed by atoms with Crippen LogP contribution in [0.25, 0.3) is 0 Å². The van der Waals surface area contributed by atoms with Crippen molar-refractivity contribution in [2.75, 3.05) is 26.3 Å². The van der Waals surface area contributed by atoms with Crippen LogP contribution in [0.2, 0.25) is 0 Å². The van der Waals surface area contributed by atoms with Gasteiger partial charge in [-0.25, -0.2) is 0 Å². The molecule has 2 heteroatoms. The first-order valence-corrected chi connectivity index (χ1v) is 11.7. The first-order chi connectivity index (χ1) is 14.5. The van der Waals surface area contributed by atoms with Gasteiger partial charge in [-0.15, -0.1) is 0 Å². The third kappa shape index (κ3) is 22.6. The van der Waals surface area contributed by atoms with Gasteiger partial charge in [0.05, 0.1) is 13.2 Å². The fraction of sp³-hybridized carbons (Fsp3) is 0.571. The molecule has 1 aliphatic heterocycles. The third-order valence-corrected chi connectivity index (χ3v) is 4.17. The standard InChI is InChI=1S/C17H29NO.C7H10.2C2H6/c1-4-5-6-7-8-9-10-17(15-16(2)3)18-11-13-19-14-12-18;1-4-6-7(3)5-2;2*1-2/h4-8,16-17H,1,9-15H2,2-3H3;4-6H,1-2H2,3H3;2*1-2H3/b6-5-,8-7-;7-6-;;. The Kier molecular flexibility index (Phi) is 30.1. The molecular formula is C28H51NO. The lowest BCUT2D eigenvalue weighted by Crippen LogP contribution is -2.44. The smallest absolute Gasteiger partial charge is 0.0594 e. The van der Waals surface area contributed by atoms with E-state index in [1.54, 1.807) is 18.2 Å². The second-order valence-electron chi connectivity index (χ2n) is 6.91. The first-order valence-electron chi connectivity index (χ1n) is 11.7. The van der Waals surface area contributed by atoms with Gasteiger partial charge in [-0.05, 0) is 32.1 Å².